The Morgan fingerprint density at radius 2 is 1.96 bits per heavy atom. The second-order valence-electron chi connectivity index (χ2n) is 8.20. The number of hydrogen-bond donors (Lipinski definition) is 1. The van der Waals surface area contributed by atoms with Gasteiger partial charge in [0.05, 0.1) is 23.2 Å². The lowest BCUT2D eigenvalue weighted by Gasteiger charge is -2.36. The van der Waals surface area contributed by atoms with Gasteiger partial charge in [0.2, 0.25) is 10.0 Å². The Morgan fingerprint density at radius 3 is 2.64 bits per heavy atom. The zero-order valence-corrected chi connectivity index (χ0v) is 15.8. The molecule has 1 fully saturated rings. The normalized spacial score (nSPS) is 22.6. The van der Waals surface area contributed by atoms with Gasteiger partial charge in [0.25, 0.3) is 0 Å². The first-order chi connectivity index (χ1) is 11.8. The van der Waals surface area contributed by atoms with Crippen LogP contribution in [0, 0.1) is 12.3 Å². The number of benzene rings is 1. The van der Waals surface area contributed by atoms with Gasteiger partial charge < -0.3 is 0 Å². The first-order valence-electron chi connectivity index (χ1n) is 8.91. The molecule has 1 N–H and O–H groups in total. The molecule has 25 heavy (non-hydrogen) atoms. The van der Waals surface area contributed by atoms with Crippen molar-refractivity contribution in [3.8, 4) is 5.69 Å². The van der Waals surface area contributed by atoms with Crippen LogP contribution in [0.4, 0.5) is 0 Å². The summed E-state index contributed by atoms with van der Waals surface area (Å²) in [5.74, 6) is 0. The third-order valence-electron chi connectivity index (χ3n) is 5.29. The topological polar surface area (TPSA) is 64.0 Å². The monoisotopic (exact) mass is 359 g/mol. The maximum atomic E-state index is 12.5. The average Bonchev–Trinajstić information content (AvgIpc) is 3.29. The molecule has 1 saturated carbocycles. The molecule has 134 valence electrons. The molecule has 1 unspecified atom stereocenters. The molecule has 0 bridgehead atoms. The van der Waals surface area contributed by atoms with Gasteiger partial charge in [0.1, 0.15) is 0 Å². The fourth-order valence-electron chi connectivity index (χ4n) is 3.83. The van der Waals surface area contributed by atoms with Crippen LogP contribution in [0.3, 0.4) is 0 Å². The molecule has 6 heteroatoms. The highest BCUT2D eigenvalue weighted by Gasteiger charge is 2.41. The van der Waals surface area contributed by atoms with Crippen LogP contribution in [0.15, 0.2) is 30.5 Å². The molecule has 0 amide bonds. The Morgan fingerprint density at radius 1 is 1.24 bits per heavy atom. The van der Waals surface area contributed by atoms with E-state index in [-0.39, 0.29) is 16.7 Å². The van der Waals surface area contributed by atoms with Crippen molar-refractivity contribution in [1.82, 2.24) is 14.5 Å². The van der Waals surface area contributed by atoms with Crippen molar-refractivity contribution in [3.63, 3.8) is 0 Å². The van der Waals surface area contributed by atoms with Crippen molar-refractivity contribution in [1.29, 1.82) is 0 Å². The number of rotatable bonds is 4. The smallest absolute Gasteiger partial charge is 0.215 e. The van der Waals surface area contributed by atoms with Crippen molar-refractivity contribution in [2.45, 2.75) is 57.7 Å². The third-order valence-corrected chi connectivity index (χ3v) is 7.25. The largest absolute Gasteiger partial charge is 0.237 e. The quantitative estimate of drug-likeness (QED) is 0.911. The highest BCUT2D eigenvalue weighted by molar-refractivity contribution is 7.90. The van der Waals surface area contributed by atoms with E-state index in [2.05, 4.69) is 42.7 Å². The summed E-state index contributed by atoms with van der Waals surface area (Å²) in [6.07, 6.45) is 5.09. The summed E-state index contributed by atoms with van der Waals surface area (Å²) >= 11 is 0. The van der Waals surface area contributed by atoms with Crippen molar-refractivity contribution in [3.05, 3.63) is 47.3 Å². The molecule has 1 heterocycles. The SMILES string of the molecule is Cc1ccccc1-n1ncc2c1CC(C)(C)CC2NS(=O)(=O)C1CC1. The standard InChI is InChI=1S/C19H25N3O2S/c1-13-6-4-5-7-17(13)22-18-11-19(2,3)10-16(15(18)12-20-22)21-25(23,24)14-8-9-14/h4-7,12,14,16,21H,8-11H2,1-3H3. The number of sulfonamides is 1. The van der Waals surface area contributed by atoms with Crippen LogP contribution < -0.4 is 4.72 Å². The lowest BCUT2D eigenvalue weighted by molar-refractivity contribution is 0.268. The molecule has 0 radical (unpaired) electrons. The van der Waals surface area contributed by atoms with Crippen LogP contribution >= 0.6 is 0 Å². The van der Waals surface area contributed by atoms with Crippen LogP contribution in [-0.4, -0.2) is 23.4 Å². The fraction of sp³-hybridized carbons (Fsp3) is 0.526. The van der Waals surface area contributed by atoms with E-state index in [1.165, 1.54) is 0 Å². The lowest BCUT2D eigenvalue weighted by Crippen LogP contribution is -2.38. The van der Waals surface area contributed by atoms with Crippen LogP contribution in [-0.2, 0) is 16.4 Å². The Hall–Kier alpha value is -1.66. The van der Waals surface area contributed by atoms with Crippen molar-refractivity contribution in [2.75, 3.05) is 0 Å². The molecule has 1 atom stereocenters. The fourth-order valence-corrected chi connectivity index (χ4v) is 5.39. The summed E-state index contributed by atoms with van der Waals surface area (Å²) < 4.78 is 29.9. The van der Waals surface area contributed by atoms with Crippen molar-refractivity contribution in [2.24, 2.45) is 5.41 Å². The summed E-state index contributed by atoms with van der Waals surface area (Å²) in [4.78, 5) is 0. The Kier molecular flexibility index (Phi) is 3.81. The Balaban J connectivity index is 1.76. The summed E-state index contributed by atoms with van der Waals surface area (Å²) in [5, 5.41) is 4.42. The van der Waals surface area contributed by atoms with Gasteiger partial charge in [-0.25, -0.2) is 17.8 Å². The highest BCUT2D eigenvalue weighted by Crippen LogP contribution is 2.42. The second-order valence-corrected chi connectivity index (χ2v) is 10.2. The summed E-state index contributed by atoms with van der Waals surface area (Å²) in [6, 6.07) is 7.98. The number of para-hydroxylation sites is 1. The van der Waals surface area contributed by atoms with Gasteiger partial charge in [0.15, 0.2) is 0 Å². The van der Waals surface area contributed by atoms with Crippen LogP contribution in [0.2, 0.25) is 0 Å². The molecule has 1 aromatic heterocycles. The average molecular weight is 359 g/mol. The minimum atomic E-state index is -3.23. The van der Waals surface area contributed by atoms with Crippen LogP contribution in [0.1, 0.15) is 56.0 Å². The van der Waals surface area contributed by atoms with E-state index in [0.29, 0.717) is 0 Å². The molecular formula is C19H25N3O2S. The molecule has 1 aromatic carbocycles. The summed E-state index contributed by atoms with van der Waals surface area (Å²) in [5.41, 5.74) is 4.38. The van der Waals surface area contributed by atoms with Gasteiger partial charge in [0, 0.05) is 11.3 Å². The van der Waals surface area contributed by atoms with E-state index in [1.807, 2.05) is 23.0 Å². The van der Waals surface area contributed by atoms with E-state index in [4.69, 9.17) is 0 Å². The minimum Gasteiger partial charge on any atom is -0.237 e. The van der Waals surface area contributed by atoms with Gasteiger partial charge in [-0.1, -0.05) is 32.0 Å². The number of fused-ring (bicyclic) bond motifs is 1. The van der Waals surface area contributed by atoms with E-state index in [0.717, 1.165) is 48.2 Å². The zero-order chi connectivity index (χ0) is 17.8. The number of nitrogens with one attached hydrogen (secondary N) is 1. The van der Waals surface area contributed by atoms with E-state index in [1.54, 1.807) is 0 Å². The van der Waals surface area contributed by atoms with Crippen molar-refractivity contribution >= 4 is 10.0 Å². The zero-order valence-electron chi connectivity index (χ0n) is 15.0. The number of aromatic nitrogens is 2. The first-order valence-corrected chi connectivity index (χ1v) is 10.5. The van der Waals surface area contributed by atoms with E-state index >= 15 is 0 Å². The van der Waals surface area contributed by atoms with Gasteiger partial charge >= 0.3 is 0 Å². The molecule has 0 aliphatic heterocycles. The maximum Gasteiger partial charge on any atom is 0.215 e. The molecular weight excluding hydrogens is 334 g/mol. The van der Waals surface area contributed by atoms with Gasteiger partial charge in [-0.3, -0.25) is 0 Å². The molecule has 0 spiro atoms. The molecule has 2 aromatic rings. The van der Waals surface area contributed by atoms with E-state index in [9.17, 15) is 8.42 Å². The molecule has 0 saturated heterocycles. The van der Waals surface area contributed by atoms with Crippen LogP contribution in [0.25, 0.3) is 5.69 Å². The third kappa shape index (κ3) is 3.13. The molecule has 5 nitrogen and oxygen atoms in total. The predicted octanol–water partition coefficient (Wildman–Crippen LogP) is 3.28. The van der Waals surface area contributed by atoms with E-state index < -0.39 is 10.0 Å². The predicted molar refractivity (Wildman–Crippen MR) is 98.2 cm³/mol. The minimum absolute atomic E-state index is 0.0181. The number of aryl methyl sites for hydroxylation is 1. The molecule has 2 aliphatic carbocycles. The molecule has 2 aliphatic rings. The second kappa shape index (κ2) is 5.68. The maximum absolute atomic E-state index is 12.5. The number of nitrogens with zero attached hydrogens (tertiary/aromatic N) is 2. The summed E-state index contributed by atoms with van der Waals surface area (Å²) in [7, 11) is -3.23. The Labute approximate surface area is 149 Å². The van der Waals surface area contributed by atoms with Gasteiger partial charge in [-0.15, -0.1) is 0 Å². The Bertz CT molecular complexity index is 911. The van der Waals surface area contributed by atoms with Crippen molar-refractivity contribution < 1.29 is 8.42 Å². The lowest BCUT2D eigenvalue weighted by atomic mass is 9.74. The van der Waals surface area contributed by atoms with Gasteiger partial charge in [-0.2, -0.15) is 5.10 Å². The molecule has 4 rings (SSSR count). The van der Waals surface area contributed by atoms with Gasteiger partial charge in [-0.05, 0) is 49.7 Å². The highest BCUT2D eigenvalue weighted by atomic mass is 32.2. The number of hydrogen-bond acceptors (Lipinski definition) is 3. The van der Waals surface area contributed by atoms with Crippen LogP contribution in [0.5, 0.6) is 0 Å². The summed E-state index contributed by atoms with van der Waals surface area (Å²) in [6.45, 7) is 6.47. The first kappa shape index (κ1) is 16.8.